The molecule has 7 heteroatoms. The SMILES string of the molecule is CCC.CCC1CSc2cc(O/C=C(\F)C=O)c(SC)cc2N(c2ccccc2)C1.CCOC. The predicted octanol–water partition coefficient (Wildman–Crippen LogP) is 8.14. The Labute approximate surface area is 213 Å². The second-order valence-electron chi connectivity index (χ2n) is 7.53. The number of methoxy groups -OCH3 is 1. The zero-order valence-corrected chi connectivity index (χ0v) is 22.8. The van der Waals surface area contributed by atoms with Crippen molar-refractivity contribution >= 4 is 41.2 Å². The maximum absolute atomic E-state index is 13.2. The lowest BCUT2D eigenvalue weighted by Crippen LogP contribution is -2.24. The molecule has 0 bridgehead atoms. The molecule has 0 amide bonds. The molecular weight excluding hydrogens is 469 g/mol. The molecule has 0 radical (unpaired) electrons. The number of benzene rings is 2. The number of thioether (sulfide) groups is 2. The van der Waals surface area contributed by atoms with Crippen molar-refractivity contribution in [3.8, 4) is 5.75 Å². The number of anilines is 2. The van der Waals surface area contributed by atoms with Gasteiger partial charge in [0.25, 0.3) is 0 Å². The number of para-hydroxylation sites is 1. The van der Waals surface area contributed by atoms with E-state index in [1.807, 2.05) is 37.4 Å². The van der Waals surface area contributed by atoms with E-state index in [0.717, 1.165) is 52.8 Å². The zero-order valence-electron chi connectivity index (χ0n) is 21.2. The number of hydrogen-bond acceptors (Lipinski definition) is 6. The molecule has 1 heterocycles. The maximum Gasteiger partial charge on any atom is 0.197 e. The summed E-state index contributed by atoms with van der Waals surface area (Å²) in [4.78, 5) is 14.8. The van der Waals surface area contributed by atoms with E-state index in [4.69, 9.17) is 4.74 Å². The van der Waals surface area contributed by atoms with Crippen molar-refractivity contribution in [3.05, 3.63) is 54.6 Å². The topological polar surface area (TPSA) is 38.8 Å². The highest BCUT2D eigenvalue weighted by Gasteiger charge is 2.24. The molecule has 188 valence electrons. The van der Waals surface area contributed by atoms with Gasteiger partial charge in [-0.05, 0) is 43.4 Å². The van der Waals surface area contributed by atoms with Gasteiger partial charge in [0.05, 0.1) is 10.6 Å². The Morgan fingerprint density at radius 3 is 2.38 bits per heavy atom. The van der Waals surface area contributed by atoms with Gasteiger partial charge in [-0.3, -0.25) is 4.79 Å². The summed E-state index contributed by atoms with van der Waals surface area (Å²) >= 11 is 3.34. The van der Waals surface area contributed by atoms with Crippen LogP contribution in [0.4, 0.5) is 15.8 Å². The summed E-state index contributed by atoms with van der Waals surface area (Å²) in [6.45, 7) is 10.2. The van der Waals surface area contributed by atoms with Gasteiger partial charge in [-0.2, -0.15) is 4.39 Å². The molecular formula is C27H38FNO3S2. The van der Waals surface area contributed by atoms with Crippen molar-refractivity contribution in [1.29, 1.82) is 0 Å². The molecule has 1 aliphatic heterocycles. The quantitative estimate of drug-likeness (QED) is 0.163. The van der Waals surface area contributed by atoms with Crippen LogP contribution in [0.2, 0.25) is 0 Å². The monoisotopic (exact) mass is 507 g/mol. The van der Waals surface area contributed by atoms with E-state index in [0.29, 0.717) is 11.7 Å². The average molecular weight is 508 g/mol. The van der Waals surface area contributed by atoms with Gasteiger partial charge in [-0.15, -0.1) is 23.5 Å². The van der Waals surface area contributed by atoms with Crippen molar-refractivity contribution < 1.29 is 18.7 Å². The van der Waals surface area contributed by atoms with Gasteiger partial charge in [-0.1, -0.05) is 51.8 Å². The molecule has 0 aromatic heterocycles. The summed E-state index contributed by atoms with van der Waals surface area (Å²) in [5, 5.41) is 0. The maximum atomic E-state index is 13.2. The van der Waals surface area contributed by atoms with Crippen LogP contribution in [-0.2, 0) is 9.53 Å². The number of hydrogen-bond donors (Lipinski definition) is 0. The van der Waals surface area contributed by atoms with Gasteiger partial charge in [-0.25, -0.2) is 0 Å². The number of ether oxygens (including phenoxy) is 2. The van der Waals surface area contributed by atoms with Gasteiger partial charge in [0, 0.05) is 36.6 Å². The Hall–Kier alpha value is -1.96. The number of carbonyl (C=O) groups excluding carboxylic acids is 1. The van der Waals surface area contributed by atoms with Crippen molar-refractivity contribution in [2.24, 2.45) is 5.92 Å². The highest BCUT2D eigenvalue weighted by molar-refractivity contribution is 7.99. The van der Waals surface area contributed by atoms with Crippen molar-refractivity contribution in [2.75, 3.05) is 37.2 Å². The second-order valence-corrected chi connectivity index (χ2v) is 9.44. The van der Waals surface area contributed by atoms with Crippen LogP contribution in [0.5, 0.6) is 5.75 Å². The largest absolute Gasteiger partial charge is 0.461 e. The molecule has 4 nitrogen and oxygen atoms in total. The van der Waals surface area contributed by atoms with E-state index in [-0.39, 0.29) is 6.29 Å². The third-order valence-electron chi connectivity index (χ3n) is 4.80. The molecule has 0 aliphatic carbocycles. The van der Waals surface area contributed by atoms with Crippen LogP contribution >= 0.6 is 23.5 Å². The normalized spacial score (nSPS) is 15.1. The molecule has 0 saturated heterocycles. The Bertz CT molecular complexity index is 876. The highest BCUT2D eigenvalue weighted by atomic mass is 32.2. The fourth-order valence-corrected chi connectivity index (χ4v) is 4.77. The minimum atomic E-state index is -0.929. The first-order valence-corrected chi connectivity index (χ1v) is 13.8. The van der Waals surface area contributed by atoms with Crippen LogP contribution in [-0.4, -0.2) is 38.6 Å². The van der Waals surface area contributed by atoms with Gasteiger partial charge in [0.2, 0.25) is 0 Å². The first kappa shape index (κ1) is 30.1. The Balaban J connectivity index is 0.000000732. The number of carbonyl (C=O) groups is 1. The zero-order chi connectivity index (χ0) is 25.3. The van der Waals surface area contributed by atoms with Crippen LogP contribution in [0.15, 0.2) is 64.3 Å². The van der Waals surface area contributed by atoms with Gasteiger partial charge in [0.15, 0.2) is 12.1 Å². The molecule has 1 unspecified atom stereocenters. The Kier molecular flexibility index (Phi) is 15.5. The summed E-state index contributed by atoms with van der Waals surface area (Å²) in [5.41, 5.74) is 2.30. The lowest BCUT2D eigenvalue weighted by Gasteiger charge is -2.28. The molecule has 3 rings (SSSR count). The summed E-state index contributed by atoms with van der Waals surface area (Å²) in [5.74, 6) is 1.22. The summed E-state index contributed by atoms with van der Waals surface area (Å²) in [6.07, 6.45) is 5.32. The molecule has 1 atom stereocenters. The fourth-order valence-electron chi connectivity index (χ4n) is 2.97. The van der Waals surface area contributed by atoms with Crippen LogP contribution in [0.25, 0.3) is 0 Å². The fraction of sp³-hybridized carbons (Fsp3) is 0.444. The Morgan fingerprint density at radius 2 is 1.85 bits per heavy atom. The first-order valence-electron chi connectivity index (χ1n) is 11.6. The number of aldehydes is 1. The van der Waals surface area contributed by atoms with Gasteiger partial charge in [0.1, 0.15) is 12.0 Å². The number of nitrogens with zero attached hydrogens (tertiary/aromatic N) is 1. The molecule has 0 fully saturated rings. The first-order chi connectivity index (χ1) is 16.5. The van der Waals surface area contributed by atoms with E-state index in [1.165, 1.54) is 18.2 Å². The Morgan fingerprint density at radius 1 is 1.21 bits per heavy atom. The second kappa shape index (κ2) is 17.5. The van der Waals surface area contributed by atoms with Gasteiger partial charge < -0.3 is 14.4 Å². The summed E-state index contributed by atoms with van der Waals surface area (Å²) in [6, 6.07) is 14.4. The smallest absolute Gasteiger partial charge is 0.197 e. The molecule has 1 aliphatic rings. The highest BCUT2D eigenvalue weighted by Crippen LogP contribution is 2.45. The summed E-state index contributed by atoms with van der Waals surface area (Å²) in [7, 11) is 1.68. The molecule has 0 spiro atoms. The van der Waals surface area contributed by atoms with Crippen LogP contribution < -0.4 is 9.64 Å². The van der Waals surface area contributed by atoms with Crippen LogP contribution in [0.1, 0.15) is 40.5 Å². The van der Waals surface area contributed by atoms with E-state index in [1.54, 1.807) is 18.9 Å². The van der Waals surface area contributed by atoms with E-state index in [2.05, 4.69) is 48.6 Å². The third kappa shape index (κ3) is 9.72. The molecule has 0 saturated carbocycles. The van der Waals surface area contributed by atoms with Crippen LogP contribution in [0, 0.1) is 5.92 Å². The molecule has 0 N–H and O–H groups in total. The lowest BCUT2D eigenvalue weighted by atomic mass is 10.1. The number of allylic oxidation sites excluding steroid dienone is 1. The number of fused-ring (bicyclic) bond motifs is 1. The number of halogens is 1. The summed E-state index contributed by atoms with van der Waals surface area (Å²) < 4.78 is 23.2. The average Bonchev–Trinajstić information content (AvgIpc) is 3.06. The molecule has 2 aromatic rings. The van der Waals surface area contributed by atoms with E-state index in [9.17, 15) is 9.18 Å². The van der Waals surface area contributed by atoms with Crippen LogP contribution in [0.3, 0.4) is 0 Å². The lowest BCUT2D eigenvalue weighted by molar-refractivity contribution is -0.106. The van der Waals surface area contributed by atoms with Gasteiger partial charge >= 0.3 is 0 Å². The van der Waals surface area contributed by atoms with Crippen molar-refractivity contribution in [2.45, 2.75) is 50.3 Å². The van der Waals surface area contributed by atoms with Crippen molar-refractivity contribution in [1.82, 2.24) is 0 Å². The third-order valence-corrected chi connectivity index (χ3v) is 6.83. The van der Waals surface area contributed by atoms with E-state index >= 15 is 0 Å². The molecule has 2 aromatic carbocycles. The standard InChI is InChI=1S/C21H22FNO2S2.C3H8O.C3H8/c1-3-15-11-23(17-7-5-4-6-8-17)18-9-21(26-2)19(10-20(18)27-14-15)25-13-16(22)12-24;1-3-4-2;1-3-2/h4-10,12-13,15H,3,11,14H2,1-2H3;3H2,1-2H3;3H2,1-2H3/b16-13-;;. The number of rotatable bonds is 7. The van der Waals surface area contributed by atoms with E-state index < -0.39 is 5.83 Å². The minimum Gasteiger partial charge on any atom is -0.461 e. The molecule has 34 heavy (non-hydrogen) atoms. The van der Waals surface area contributed by atoms with Crippen molar-refractivity contribution in [3.63, 3.8) is 0 Å². The minimum absolute atomic E-state index is 0.139. The predicted molar refractivity (Wildman–Crippen MR) is 146 cm³/mol.